The minimum atomic E-state index is -0.0760. The molecule has 1 N–H and O–H groups in total. The highest BCUT2D eigenvalue weighted by atomic mass is 127. The molecule has 5 nitrogen and oxygen atoms in total. The Morgan fingerprint density at radius 3 is 2.47 bits per heavy atom. The quantitative estimate of drug-likeness (QED) is 0.407. The Hall–Kier alpha value is -1.90. The molecule has 1 amide bonds. The number of rotatable bonds is 5. The Balaban J connectivity index is 0.00000256. The second-order valence-corrected chi connectivity index (χ2v) is 8.60. The molecule has 1 saturated heterocycles. The Kier molecular flexibility index (Phi) is 7.21. The molecule has 2 heterocycles. The zero-order valence-corrected chi connectivity index (χ0v) is 20.1. The van der Waals surface area contributed by atoms with Gasteiger partial charge in [0.2, 0.25) is 0 Å². The molecular formula is C24H30IN3O2. The van der Waals surface area contributed by atoms with Crippen LogP contribution in [-0.2, 0) is 18.3 Å². The van der Waals surface area contributed by atoms with Crippen molar-refractivity contribution in [3.63, 3.8) is 0 Å². The van der Waals surface area contributed by atoms with Crippen molar-refractivity contribution in [1.29, 1.82) is 0 Å². The van der Waals surface area contributed by atoms with Gasteiger partial charge in [-0.1, -0.05) is 30.3 Å². The first-order valence-corrected chi connectivity index (χ1v) is 10.3. The highest BCUT2D eigenvalue weighted by Crippen LogP contribution is 2.24. The van der Waals surface area contributed by atoms with Gasteiger partial charge in [0.25, 0.3) is 5.91 Å². The highest BCUT2D eigenvalue weighted by Gasteiger charge is 2.30. The maximum absolute atomic E-state index is 12.8. The number of para-hydroxylation sites is 1. The van der Waals surface area contributed by atoms with E-state index in [9.17, 15) is 4.79 Å². The van der Waals surface area contributed by atoms with Crippen molar-refractivity contribution in [1.82, 2.24) is 4.57 Å². The third kappa shape index (κ3) is 4.87. The van der Waals surface area contributed by atoms with Crippen LogP contribution in [0.25, 0.3) is 10.9 Å². The number of ether oxygens (including phenoxy) is 1. The van der Waals surface area contributed by atoms with E-state index in [1.807, 2.05) is 54.2 Å². The molecule has 1 aliphatic heterocycles. The molecule has 0 atom stereocenters. The molecule has 0 saturated carbocycles. The van der Waals surface area contributed by atoms with Crippen molar-refractivity contribution in [2.75, 3.05) is 32.6 Å². The summed E-state index contributed by atoms with van der Waals surface area (Å²) in [5.41, 5.74) is 3.86. The number of hydrogen-bond donors (Lipinski definition) is 1. The monoisotopic (exact) mass is 519 g/mol. The first kappa shape index (κ1) is 22.8. The number of benzene rings is 2. The summed E-state index contributed by atoms with van der Waals surface area (Å²) in [4.78, 5) is 12.8. The number of aromatic nitrogens is 1. The molecule has 0 bridgehead atoms. The number of hydrogen-bond acceptors (Lipinski definition) is 2. The molecule has 6 heteroatoms. The number of nitrogens with zero attached hydrogens (tertiary/aromatic N) is 2. The van der Waals surface area contributed by atoms with E-state index in [0.717, 1.165) is 53.7 Å². The largest absolute Gasteiger partial charge is 1.00 e. The topological polar surface area (TPSA) is 43.3 Å². The molecule has 30 heavy (non-hydrogen) atoms. The van der Waals surface area contributed by atoms with Crippen molar-refractivity contribution in [2.45, 2.75) is 25.4 Å². The van der Waals surface area contributed by atoms with Gasteiger partial charge in [0.15, 0.2) is 0 Å². The Morgan fingerprint density at radius 1 is 1.10 bits per heavy atom. The zero-order chi connectivity index (χ0) is 20.4. The average Bonchev–Trinajstić information content (AvgIpc) is 3.07. The summed E-state index contributed by atoms with van der Waals surface area (Å²) in [5, 5.41) is 4.02. The lowest BCUT2D eigenvalue weighted by molar-refractivity contribution is -0.929. The van der Waals surface area contributed by atoms with Gasteiger partial charge in [-0.25, -0.2) is 0 Å². The van der Waals surface area contributed by atoms with Gasteiger partial charge < -0.3 is 43.1 Å². The number of carbonyl (C=O) groups is 1. The molecule has 2 aromatic carbocycles. The number of fused-ring (bicyclic) bond motifs is 1. The number of carbonyl (C=O) groups excluding carboxylic acids is 1. The molecule has 1 fully saturated rings. The number of nitrogens with one attached hydrogen (secondary N) is 1. The van der Waals surface area contributed by atoms with Gasteiger partial charge in [0.1, 0.15) is 6.54 Å². The third-order valence-corrected chi connectivity index (χ3v) is 6.12. The summed E-state index contributed by atoms with van der Waals surface area (Å²) in [6.45, 7) is 2.71. The van der Waals surface area contributed by atoms with E-state index in [0.29, 0.717) is 11.6 Å². The van der Waals surface area contributed by atoms with Crippen LogP contribution < -0.4 is 29.3 Å². The highest BCUT2D eigenvalue weighted by molar-refractivity contribution is 6.12. The summed E-state index contributed by atoms with van der Waals surface area (Å²) in [6.07, 6.45) is 4.13. The SMILES string of the molecule is Cn1cc(C(=O)Nc2ccc(C[N+](C)(C)C3CCOCC3)cc2)c2ccccc21.[I-]. The van der Waals surface area contributed by atoms with Gasteiger partial charge in [-0.15, -0.1) is 0 Å². The Labute approximate surface area is 195 Å². The van der Waals surface area contributed by atoms with E-state index in [1.54, 1.807) is 0 Å². The number of anilines is 1. The van der Waals surface area contributed by atoms with Gasteiger partial charge in [-0.2, -0.15) is 0 Å². The van der Waals surface area contributed by atoms with E-state index in [-0.39, 0.29) is 29.9 Å². The molecule has 3 aromatic rings. The van der Waals surface area contributed by atoms with Crippen molar-refractivity contribution in [2.24, 2.45) is 7.05 Å². The fourth-order valence-corrected chi connectivity index (χ4v) is 4.40. The standard InChI is InChI=1S/C24H29N3O2.HI/c1-26-16-22(21-6-4-5-7-23(21)26)24(28)25-19-10-8-18(9-11-19)17-27(2,3)20-12-14-29-15-13-20;/h4-11,16,20H,12-15,17H2,1-3H3;1H. The molecular weight excluding hydrogens is 489 g/mol. The number of halogens is 1. The van der Waals surface area contributed by atoms with E-state index in [4.69, 9.17) is 4.74 Å². The lowest BCUT2D eigenvalue weighted by Gasteiger charge is -2.40. The van der Waals surface area contributed by atoms with Crippen molar-refractivity contribution < 1.29 is 38.0 Å². The molecule has 0 unspecified atom stereocenters. The van der Waals surface area contributed by atoms with Gasteiger partial charge >= 0.3 is 0 Å². The lowest BCUT2D eigenvalue weighted by atomic mass is 10.0. The molecule has 1 aromatic heterocycles. The van der Waals surface area contributed by atoms with E-state index < -0.39 is 0 Å². The van der Waals surface area contributed by atoms with Crippen LogP contribution in [-0.4, -0.2) is 48.3 Å². The van der Waals surface area contributed by atoms with E-state index >= 15 is 0 Å². The predicted octanol–water partition coefficient (Wildman–Crippen LogP) is 1.19. The summed E-state index contributed by atoms with van der Waals surface area (Å²) in [6, 6.07) is 16.9. The normalized spacial score (nSPS) is 15.0. The van der Waals surface area contributed by atoms with Gasteiger partial charge in [0.05, 0.1) is 38.9 Å². The third-order valence-electron chi connectivity index (χ3n) is 6.12. The maximum Gasteiger partial charge on any atom is 0.257 e. The van der Waals surface area contributed by atoms with Crippen LogP contribution in [0.1, 0.15) is 28.8 Å². The zero-order valence-electron chi connectivity index (χ0n) is 17.9. The second-order valence-electron chi connectivity index (χ2n) is 8.60. The van der Waals surface area contributed by atoms with E-state index in [1.165, 1.54) is 5.56 Å². The van der Waals surface area contributed by atoms with Crippen LogP contribution in [0, 0.1) is 0 Å². The Morgan fingerprint density at radius 2 is 1.77 bits per heavy atom. The summed E-state index contributed by atoms with van der Waals surface area (Å²) >= 11 is 0. The van der Waals surface area contributed by atoms with E-state index in [2.05, 4.69) is 31.5 Å². The van der Waals surface area contributed by atoms with Crippen molar-refractivity contribution >= 4 is 22.5 Å². The molecule has 0 spiro atoms. The average molecular weight is 519 g/mol. The summed E-state index contributed by atoms with van der Waals surface area (Å²) in [7, 11) is 6.56. The molecule has 160 valence electrons. The number of amides is 1. The van der Waals surface area contributed by atoms with Crippen molar-refractivity contribution in [3.8, 4) is 0 Å². The van der Waals surface area contributed by atoms with Crippen LogP contribution >= 0.6 is 0 Å². The smallest absolute Gasteiger partial charge is 0.257 e. The fraction of sp³-hybridized carbons (Fsp3) is 0.375. The minimum absolute atomic E-state index is 0. The van der Waals surface area contributed by atoms with Crippen LogP contribution in [0.4, 0.5) is 5.69 Å². The minimum Gasteiger partial charge on any atom is -1.00 e. The molecule has 4 rings (SSSR count). The first-order chi connectivity index (χ1) is 13.9. The van der Waals surface area contributed by atoms with Gasteiger partial charge in [-0.05, 0) is 18.2 Å². The molecule has 1 aliphatic rings. The molecule has 0 aliphatic carbocycles. The lowest BCUT2D eigenvalue weighted by Crippen LogP contribution is -3.00. The number of aryl methyl sites for hydroxylation is 1. The van der Waals surface area contributed by atoms with Crippen LogP contribution in [0.3, 0.4) is 0 Å². The summed E-state index contributed by atoms with van der Waals surface area (Å²) in [5.74, 6) is -0.0760. The molecule has 0 radical (unpaired) electrons. The summed E-state index contributed by atoms with van der Waals surface area (Å²) < 4.78 is 8.46. The van der Waals surface area contributed by atoms with Crippen LogP contribution in [0.5, 0.6) is 0 Å². The van der Waals surface area contributed by atoms with Gasteiger partial charge in [0, 0.05) is 48.2 Å². The van der Waals surface area contributed by atoms with Crippen LogP contribution in [0.2, 0.25) is 0 Å². The van der Waals surface area contributed by atoms with Crippen LogP contribution in [0.15, 0.2) is 54.7 Å². The fourth-order valence-electron chi connectivity index (χ4n) is 4.40. The maximum atomic E-state index is 12.8. The Bertz CT molecular complexity index is 1000. The second kappa shape index (κ2) is 9.49. The number of quaternary nitrogens is 1. The first-order valence-electron chi connectivity index (χ1n) is 10.3. The predicted molar refractivity (Wildman–Crippen MR) is 117 cm³/mol. The van der Waals surface area contributed by atoms with Crippen molar-refractivity contribution in [3.05, 3.63) is 65.9 Å². The van der Waals surface area contributed by atoms with Gasteiger partial charge in [-0.3, -0.25) is 4.79 Å².